The van der Waals surface area contributed by atoms with Crippen LogP contribution in [-0.2, 0) is 9.31 Å². The van der Waals surface area contributed by atoms with Crippen molar-refractivity contribution in [1.29, 1.82) is 0 Å². The third kappa shape index (κ3) is 3.05. The van der Waals surface area contributed by atoms with Crippen molar-refractivity contribution in [3.05, 3.63) is 30.2 Å². The van der Waals surface area contributed by atoms with Crippen molar-refractivity contribution in [3.8, 4) is 0 Å². The van der Waals surface area contributed by atoms with Crippen molar-refractivity contribution in [2.45, 2.75) is 39.7 Å². The smallest absolute Gasteiger partial charge is 0.407 e. The molecule has 2 aromatic rings. The molecule has 3 nitrogen and oxygen atoms in total. The van der Waals surface area contributed by atoms with E-state index in [0.717, 1.165) is 17.3 Å². The van der Waals surface area contributed by atoms with Crippen LogP contribution in [0.25, 0.3) is 10.9 Å². The minimum Gasteiger partial charge on any atom is -0.407 e. The first kappa shape index (κ1) is 15.1. The molecule has 0 aliphatic rings. The van der Waals surface area contributed by atoms with E-state index in [1.165, 1.54) is 6.07 Å². The van der Waals surface area contributed by atoms with Gasteiger partial charge in [-0.05, 0) is 45.4 Å². The highest BCUT2D eigenvalue weighted by Crippen LogP contribution is 2.19. The Balaban J connectivity index is 2.45. The lowest BCUT2D eigenvalue weighted by molar-refractivity contribution is 0.0705. The Morgan fingerprint density at radius 2 is 2.00 bits per heavy atom. The number of H-pyrrole nitrogens is 1. The standard InChI is InChI=1S/C15H21BFNO2/c1-5-15(3,4)20-16(19-6-2)14-11-9-10-18-13(11)8-7-12(14)17/h7-10,18H,5-6H2,1-4H3. The molecule has 0 fully saturated rings. The van der Waals surface area contributed by atoms with Gasteiger partial charge in [0.15, 0.2) is 0 Å². The zero-order valence-electron chi connectivity index (χ0n) is 12.5. The molecule has 5 heteroatoms. The average Bonchev–Trinajstić information content (AvgIpc) is 2.86. The molecule has 0 atom stereocenters. The molecule has 0 aliphatic heterocycles. The van der Waals surface area contributed by atoms with Crippen molar-refractivity contribution in [3.63, 3.8) is 0 Å². The molecule has 1 N–H and O–H groups in total. The van der Waals surface area contributed by atoms with Crippen LogP contribution in [0.3, 0.4) is 0 Å². The molecule has 0 spiro atoms. The zero-order valence-corrected chi connectivity index (χ0v) is 12.5. The number of aromatic amines is 1. The first-order chi connectivity index (χ1) is 9.48. The SMILES string of the molecule is CCOB(OC(C)(C)CC)c1c(F)ccc2[nH]ccc12. The third-order valence-electron chi connectivity index (χ3n) is 3.55. The maximum atomic E-state index is 14.3. The lowest BCUT2D eigenvalue weighted by Gasteiger charge is -2.28. The van der Waals surface area contributed by atoms with Crippen LogP contribution in [0.2, 0.25) is 0 Å². The Labute approximate surface area is 119 Å². The second kappa shape index (κ2) is 5.98. The molecule has 0 radical (unpaired) electrons. The van der Waals surface area contributed by atoms with E-state index < -0.39 is 7.12 Å². The van der Waals surface area contributed by atoms with E-state index in [1.54, 1.807) is 12.3 Å². The molecular formula is C15H21BFNO2. The van der Waals surface area contributed by atoms with E-state index >= 15 is 0 Å². The van der Waals surface area contributed by atoms with E-state index in [4.69, 9.17) is 9.31 Å². The highest BCUT2D eigenvalue weighted by atomic mass is 19.1. The van der Waals surface area contributed by atoms with Crippen molar-refractivity contribution in [1.82, 2.24) is 4.98 Å². The summed E-state index contributed by atoms with van der Waals surface area (Å²) in [5.41, 5.74) is 0.973. The first-order valence-corrected chi connectivity index (χ1v) is 7.03. The molecular weight excluding hydrogens is 256 g/mol. The maximum absolute atomic E-state index is 14.3. The number of aromatic nitrogens is 1. The van der Waals surface area contributed by atoms with Crippen molar-refractivity contribution in [2.24, 2.45) is 0 Å². The van der Waals surface area contributed by atoms with E-state index in [-0.39, 0.29) is 11.4 Å². The quantitative estimate of drug-likeness (QED) is 0.822. The molecule has 0 amide bonds. The highest BCUT2D eigenvalue weighted by molar-refractivity contribution is 6.64. The largest absolute Gasteiger partial charge is 0.497 e. The van der Waals surface area contributed by atoms with Crippen molar-refractivity contribution in [2.75, 3.05) is 6.61 Å². The first-order valence-electron chi connectivity index (χ1n) is 7.03. The Morgan fingerprint density at radius 3 is 2.65 bits per heavy atom. The molecule has 0 aliphatic carbocycles. The summed E-state index contributed by atoms with van der Waals surface area (Å²) in [7, 11) is -0.700. The average molecular weight is 277 g/mol. The molecule has 1 aromatic carbocycles. The molecule has 2 rings (SSSR count). The molecule has 0 bridgehead atoms. The van der Waals surface area contributed by atoms with Gasteiger partial charge in [0.1, 0.15) is 5.82 Å². The van der Waals surface area contributed by atoms with Crippen LogP contribution in [0, 0.1) is 5.82 Å². The Bertz CT molecular complexity index is 582. The number of hydrogen-bond donors (Lipinski definition) is 1. The van der Waals surface area contributed by atoms with Crippen molar-refractivity contribution >= 4 is 23.5 Å². The topological polar surface area (TPSA) is 34.2 Å². The van der Waals surface area contributed by atoms with Crippen LogP contribution in [0.1, 0.15) is 34.1 Å². The fourth-order valence-electron chi connectivity index (χ4n) is 2.07. The van der Waals surface area contributed by atoms with Crippen LogP contribution in [0.5, 0.6) is 0 Å². The van der Waals surface area contributed by atoms with Gasteiger partial charge in [-0.25, -0.2) is 4.39 Å². The van der Waals surface area contributed by atoms with E-state index in [0.29, 0.717) is 12.1 Å². The van der Waals surface area contributed by atoms with Gasteiger partial charge < -0.3 is 14.3 Å². The number of benzene rings is 1. The molecule has 0 saturated carbocycles. The van der Waals surface area contributed by atoms with Gasteiger partial charge in [0, 0.05) is 34.8 Å². The normalized spacial score (nSPS) is 12.1. The van der Waals surface area contributed by atoms with E-state index in [2.05, 4.69) is 4.98 Å². The van der Waals surface area contributed by atoms with Gasteiger partial charge in [0.05, 0.1) is 0 Å². The fourth-order valence-corrected chi connectivity index (χ4v) is 2.07. The second-order valence-corrected chi connectivity index (χ2v) is 5.42. The van der Waals surface area contributed by atoms with E-state index in [9.17, 15) is 4.39 Å². The van der Waals surface area contributed by atoms with Gasteiger partial charge in [-0.1, -0.05) is 6.92 Å². The second-order valence-electron chi connectivity index (χ2n) is 5.42. The monoisotopic (exact) mass is 277 g/mol. The molecule has 1 heterocycles. The fraction of sp³-hybridized carbons (Fsp3) is 0.467. The predicted octanol–water partition coefficient (Wildman–Crippen LogP) is 3.24. The minimum atomic E-state index is -0.700. The Morgan fingerprint density at radius 1 is 1.25 bits per heavy atom. The zero-order chi connectivity index (χ0) is 14.8. The summed E-state index contributed by atoms with van der Waals surface area (Å²) in [6.45, 7) is 8.34. The van der Waals surface area contributed by atoms with Crippen LogP contribution >= 0.6 is 0 Å². The Hall–Kier alpha value is -1.33. The van der Waals surface area contributed by atoms with Gasteiger partial charge >= 0.3 is 7.12 Å². The number of halogens is 1. The van der Waals surface area contributed by atoms with Gasteiger partial charge in [-0.3, -0.25) is 0 Å². The summed E-state index contributed by atoms with van der Waals surface area (Å²) in [4.78, 5) is 3.08. The van der Waals surface area contributed by atoms with Crippen LogP contribution < -0.4 is 5.46 Å². The van der Waals surface area contributed by atoms with Gasteiger partial charge in [0.2, 0.25) is 0 Å². The van der Waals surface area contributed by atoms with Crippen LogP contribution in [-0.4, -0.2) is 24.3 Å². The summed E-state index contributed by atoms with van der Waals surface area (Å²) in [6, 6.07) is 5.02. The van der Waals surface area contributed by atoms with Crippen LogP contribution in [0.4, 0.5) is 4.39 Å². The number of nitrogens with one attached hydrogen (secondary N) is 1. The third-order valence-corrected chi connectivity index (χ3v) is 3.55. The number of rotatable bonds is 6. The molecule has 1 aromatic heterocycles. The van der Waals surface area contributed by atoms with E-state index in [1.807, 2.05) is 33.8 Å². The summed E-state index contributed by atoms with van der Waals surface area (Å²) in [5.74, 6) is -0.303. The molecule has 108 valence electrons. The summed E-state index contributed by atoms with van der Waals surface area (Å²) in [5, 5.41) is 0.801. The Kier molecular flexibility index (Phi) is 4.50. The lowest BCUT2D eigenvalue weighted by atomic mass is 9.75. The van der Waals surface area contributed by atoms with Crippen LogP contribution in [0.15, 0.2) is 24.4 Å². The molecule has 0 unspecified atom stereocenters. The van der Waals surface area contributed by atoms with Gasteiger partial charge in [-0.15, -0.1) is 0 Å². The summed E-state index contributed by atoms with van der Waals surface area (Å²) < 4.78 is 25.9. The maximum Gasteiger partial charge on any atom is 0.497 e. The van der Waals surface area contributed by atoms with Gasteiger partial charge in [0.25, 0.3) is 0 Å². The van der Waals surface area contributed by atoms with Gasteiger partial charge in [-0.2, -0.15) is 0 Å². The minimum absolute atomic E-state index is 0.303. The molecule has 20 heavy (non-hydrogen) atoms. The van der Waals surface area contributed by atoms with Crippen molar-refractivity contribution < 1.29 is 13.7 Å². The number of hydrogen-bond acceptors (Lipinski definition) is 2. The highest BCUT2D eigenvalue weighted by Gasteiger charge is 2.32. The molecule has 0 saturated heterocycles. The summed E-state index contributed by atoms with van der Waals surface area (Å²) >= 11 is 0. The predicted molar refractivity (Wildman–Crippen MR) is 80.7 cm³/mol. The summed E-state index contributed by atoms with van der Waals surface area (Å²) in [6.07, 6.45) is 2.61. The lowest BCUT2D eigenvalue weighted by Crippen LogP contribution is -2.45. The number of fused-ring (bicyclic) bond motifs is 1.